The highest BCUT2D eigenvalue weighted by Crippen LogP contribution is 2.39. The molecule has 2 aliphatic carbocycles. The Hall–Kier alpha value is -1.25. The Morgan fingerprint density at radius 2 is 2.04 bits per heavy atom. The van der Waals surface area contributed by atoms with E-state index in [1.165, 1.54) is 10.9 Å². The number of nitrogens with two attached hydrogens (primary N) is 1. The van der Waals surface area contributed by atoms with Crippen LogP contribution in [-0.2, 0) is 0 Å². The third-order valence-corrected chi connectivity index (χ3v) is 5.45. The summed E-state index contributed by atoms with van der Waals surface area (Å²) in [5.74, 6) is 1.33. The molecule has 0 aromatic carbocycles. The molecule has 2 aromatic heterocycles. The highest BCUT2D eigenvalue weighted by atomic mass is 79.9. The van der Waals surface area contributed by atoms with Gasteiger partial charge in [0.25, 0.3) is 11.7 Å². The van der Waals surface area contributed by atoms with Crippen molar-refractivity contribution in [3.05, 3.63) is 22.7 Å². The fourth-order valence-electron chi connectivity index (χ4n) is 4.10. The standard InChI is InChI=1S/C15H19BrN6O.ClH/c16-10-6-18-15-20-13(21-22(15)7-10)14(23)19-12-8-2-1-3-9(12)5-11(17)4-8;/h6-9,11-12H,1-5,17H2,(H,19,23);1H. The van der Waals surface area contributed by atoms with Gasteiger partial charge in [0.05, 0.1) is 4.47 Å². The second kappa shape index (κ2) is 6.93. The minimum absolute atomic E-state index is 0. The molecule has 0 radical (unpaired) electrons. The Morgan fingerprint density at radius 1 is 1.33 bits per heavy atom. The number of fused-ring (bicyclic) bond motifs is 3. The first-order valence-electron chi connectivity index (χ1n) is 8.04. The predicted molar refractivity (Wildman–Crippen MR) is 95.0 cm³/mol. The van der Waals surface area contributed by atoms with Crippen molar-refractivity contribution in [2.24, 2.45) is 17.6 Å². The molecule has 2 bridgehead atoms. The summed E-state index contributed by atoms with van der Waals surface area (Å²) in [6, 6.07) is 0.468. The molecule has 2 atom stereocenters. The first-order chi connectivity index (χ1) is 11.1. The Bertz CT molecular complexity index is 739. The molecule has 2 fully saturated rings. The Labute approximate surface area is 154 Å². The van der Waals surface area contributed by atoms with E-state index < -0.39 is 0 Å². The van der Waals surface area contributed by atoms with E-state index in [4.69, 9.17) is 5.73 Å². The number of nitrogens with one attached hydrogen (secondary N) is 1. The molecule has 3 N–H and O–H groups in total. The lowest BCUT2D eigenvalue weighted by molar-refractivity contribution is 0.0747. The lowest BCUT2D eigenvalue weighted by atomic mass is 9.67. The molecule has 2 aromatic rings. The summed E-state index contributed by atoms with van der Waals surface area (Å²) in [7, 11) is 0. The van der Waals surface area contributed by atoms with Gasteiger partial charge in [-0.1, -0.05) is 6.42 Å². The number of amides is 1. The molecule has 0 aliphatic heterocycles. The van der Waals surface area contributed by atoms with Crippen molar-refractivity contribution in [1.82, 2.24) is 24.9 Å². The van der Waals surface area contributed by atoms with Crippen LogP contribution in [0.1, 0.15) is 42.7 Å². The molecule has 2 saturated carbocycles. The maximum Gasteiger partial charge on any atom is 0.291 e. The maximum absolute atomic E-state index is 12.6. The number of hydrogen-bond acceptors (Lipinski definition) is 5. The zero-order chi connectivity index (χ0) is 16.0. The van der Waals surface area contributed by atoms with Crippen LogP contribution < -0.4 is 11.1 Å². The van der Waals surface area contributed by atoms with E-state index in [-0.39, 0.29) is 36.2 Å². The third kappa shape index (κ3) is 3.27. The van der Waals surface area contributed by atoms with Crippen LogP contribution >= 0.6 is 28.3 Å². The molecule has 9 heteroatoms. The van der Waals surface area contributed by atoms with E-state index in [2.05, 4.69) is 36.3 Å². The molecule has 0 spiro atoms. The van der Waals surface area contributed by atoms with Crippen LogP contribution in [0.15, 0.2) is 16.9 Å². The van der Waals surface area contributed by atoms with Crippen LogP contribution in [0.5, 0.6) is 0 Å². The van der Waals surface area contributed by atoms with Crippen molar-refractivity contribution in [2.75, 3.05) is 0 Å². The van der Waals surface area contributed by atoms with Gasteiger partial charge < -0.3 is 11.1 Å². The molecule has 1 amide bonds. The number of carbonyl (C=O) groups is 1. The predicted octanol–water partition coefficient (Wildman–Crippen LogP) is 1.94. The Kier molecular flexibility index (Phi) is 5.08. The molecule has 2 unspecified atom stereocenters. The highest BCUT2D eigenvalue weighted by Gasteiger charge is 2.40. The van der Waals surface area contributed by atoms with Crippen LogP contribution in [0.4, 0.5) is 0 Å². The minimum atomic E-state index is -0.219. The first kappa shape index (κ1) is 17.6. The van der Waals surface area contributed by atoms with Gasteiger partial charge in [0.2, 0.25) is 5.82 Å². The number of rotatable bonds is 2. The SMILES string of the molecule is Cl.NC1CC2CCCC(C1)C2NC(=O)c1nc2ncc(Br)cn2n1. The quantitative estimate of drug-likeness (QED) is 0.781. The average molecular weight is 416 g/mol. The summed E-state index contributed by atoms with van der Waals surface area (Å²) in [5, 5.41) is 7.39. The second-order valence-electron chi connectivity index (χ2n) is 6.63. The van der Waals surface area contributed by atoms with Crippen LogP contribution in [0, 0.1) is 11.8 Å². The van der Waals surface area contributed by atoms with Crippen molar-refractivity contribution in [3.8, 4) is 0 Å². The summed E-state index contributed by atoms with van der Waals surface area (Å²) >= 11 is 3.33. The van der Waals surface area contributed by atoms with Crippen LogP contribution in [0.2, 0.25) is 0 Å². The van der Waals surface area contributed by atoms with Gasteiger partial charge >= 0.3 is 0 Å². The average Bonchev–Trinajstić information content (AvgIpc) is 2.91. The monoisotopic (exact) mass is 414 g/mol. The maximum atomic E-state index is 12.6. The summed E-state index contributed by atoms with van der Waals surface area (Å²) in [6.45, 7) is 0. The van der Waals surface area contributed by atoms with E-state index >= 15 is 0 Å². The lowest BCUT2D eigenvalue weighted by Gasteiger charge is -2.45. The Morgan fingerprint density at radius 3 is 2.75 bits per heavy atom. The minimum Gasteiger partial charge on any atom is -0.346 e. The van der Waals surface area contributed by atoms with Crippen LogP contribution in [0.25, 0.3) is 5.78 Å². The largest absolute Gasteiger partial charge is 0.346 e. The van der Waals surface area contributed by atoms with E-state index in [0.29, 0.717) is 17.6 Å². The zero-order valence-electron chi connectivity index (χ0n) is 13.1. The van der Waals surface area contributed by atoms with Crippen molar-refractivity contribution in [2.45, 2.75) is 44.2 Å². The molecule has 2 aliphatic rings. The number of nitrogens with zero attached hydrogens (tertiary/aromatic N) is 4. The number of hydrogen-bond donors (Lipinski definition) is 2. The summed E-state index contributed by atoms with van der Waals surface area (Å²) < 4.78 is 2.30. The fourth-order valence-corrected chi connectivity index (χ4v) is 4.39. The van der Waals surface area contributed by atoms with E-state index in [0.717, 1.165) is 30.2 Å². The Balaban J connectivity index is 0.00000169. The number of aromatic nitrogens is 4. The van der Waals surface area contributed by atoms with Crippen LogP contribution in [-0.4, -0.2) is 37.6 Å². The molecule has 4 rings (SSSR count). The molecule has 130 valence electrons. The van der Waals surface area contributed by atoms with Crippen molar-refractivity contribution in [3.63, 3.8) is 0 Å². The fraction of sp³-hybridized carbons (Fsp3) is 0.600. The molecule has 2 heterocycles. The summed E-state index contributed by atoms with van der Waals surface area (Å²) in [4.78, 5) is 20.9. The molecule has 0 saturated heterocycles. The van der Waals surface area contributed by atoms with Gasteiger partial charge in [0, 0.05) is 24.5 Å². The van der Waals surface area contributed by atoms with Gasteiger partial charge in [-0.2, -0.15) is 4.98 Å². The van der Waals surface area contributed by atoms with Gasteiger partial charge in [0.15, 0.2) is 0 Å². The van der Waals surface area contributed by atoms with Gasteiger partial charge in [-0.05, 0) is 53.4 Å². The summed E-state index contributed by atoms with van der Waals surface area (Å²) in [6.07, 6.45) is 8.88. The number of halogens is 2. The number of carbonyl (C=O) groups excluding carboxylic acids is 1. The molecule has 7 nitrogen and oxygen atoms in total. The lowest BCUT2D eigenvalue weighted by Crippen LogP contribution is -2.53. The normalized spacial score (nSPS) is 29.1. The van der Waals surface area contributed by atoms with Gasteiger partial charge in [0.1, 0.15) is 0 Å². The van der Waals surface area contributed by atoms with Gasteiger partial charge in [-0.25, -0.2) is 9.50 Å². The van der Waals surface area contributed by atoms with Gasteiger partial charge in [-0.3, -0.25) is 4.79 Å². The smallest absolute Gasteiger partial charge is 0.291 e. The summed E-state index contributed by atoms with van der Waals surface area (Å²) in [5.41, 5.74) is 6.14. The highest BCUT2D eigenvalue weighted by molar-refractivity contribution is 9.10. The van der Waals surface area contributed by atoms with Crippen molar-refractivity contribution in [1.29, 1.82) is 0 Å². The van der Waals surface area contributed by atoms with Crippen LogP contribution in [0.3, 0.4) is 0 Å². The zero-order valence-corrected chi connectivity index (χ0v) is 15.5. The second-order valence-corrected chi connectivity index (χ2v) is 7.55. The molecule has 24 heavy (non-hydrogen) atoms. The van der Waals surface area contributed by atoms with E-state index in [1.54, 1.807) is 12.4 Å². The molecular formula is C15H20BrClN6O. The molecular weight excluding hydrogens is 396 g/mol. The van der Waals surface area contributed by atoms with E-state index in [1.807, 2.05) is 0 Å². The first-order valence-corrected chi connectivity index (χ1v) is 8.84. The third-order valence-electron chi connectivity index (χ3n) is 5.04. The van der Waals surface area contributed by atoms with Crippen molar-refractivity contribution < 1.29 is 4.79 Å². The van der Waals surface area contributed by atoms with E-state index in [9.17, 15) is 4.79 Å². The van der Waals surface area contributed by atoms with Gasteiger partial charge in [-0.15, -0.1) is 17.5 Å². The van der Waals surface area contributed by atoms with Crippen molar-refractivity contribution >= 4 is 40.0 Å². The topological polar surface area (TPSA) is 98.2 Å².